The summed E-state index contributed by atoms with van der Waals surface area (Å²) in [6.45, 7) is 3.25. The molecule has 3 aromatic carbocycles. The molecule has 1 fully saturated rings. The minimum Gasteiger partial charge on any atom is -0.454 e. The van der Waals surface area contributed by atoms with Crippen LogP contribution in [0, 0.1) is 6.92 Å². The second-order valence-corrected chi connectivity index (χ2v) is 13.3. The summed E-state index contributed by atoms with van der Waals surface area (Å²) in [5.74, 6) is 0.0107. The highest BCUT2D eigenvalue weighted by Gasteiger charge is 2.35. The molecule has 1 saturated carbocycles. The van der Waals surface area contributed by atoms with Crippen molar-refractivity contribution in [3.8, 4) is 11.5 Å². The van der Waals surface area contributed by atoms with Gasteiger partial charge < -0.3 is 19.7 Å². The number of benzene rings is 3. The topological polar surface area (TPSA) is 105 Å². The Balaban J connectivity index is 1.51. The van der Waals surface area contributed by atoms with Gasteiger partial charge in [0.15, 0.2) is 11.5 Å². The third-order valence-corrected chi connectivity index (χ3v) is 9.81. The molecular weight excluding hydrogens is 566 g/mol. The largest absolute Gasteiger partial charge is 0.454 e. The van der Waals surface area contributed by atoms with Crippen LogP contribution < -0.4 is 19.1 Å². The monoisotopic (exact) mass is 605 g/mol. The van der Waals surface area contributed by atoms with E-state index >= 15 is 0 Å². The van der Waals surface area contributed by atoms with E-state index < -0.39 is 28.5 Å². The summed E-state index contributed by atoms with van der Waals surface area (Å²) in [7, 11) is -3.87. The molecule has 43 heavy (non-hydrogen) atoms. The molecule has 0 bridgehead atoms. The fourth-order valence-corrected chi connectivity index (χ4v) is 6.63. The number of nitrogens with one attached hydrogen (secondary N) is 1. The average Bonchev–Trinajstić information content (AvgIpc) is 3.71. The molecule has 1 heterocycles. The summed E-state index contributed by atoms with van der Waals surface area (Å²) in [6, 6.07) is 21.4. The molecule has 10 heteroatoms. The van der Waals surface area contributed by atoms with E-state index in [4.69, 9.17) is 9.47 Å². The van der Waals surface area contributed by atoms with Gasteiger partial charge in [0.25, 0.3) is 0 Å². The molecule has 3 aromatic rings. The molecule has 0 radical (unpaired) electrons. The molecule has 2 aliphatic rings. The van der Waals surface area contributed by atoms with Gasteiger partial charge in [0.2, 0.25) is 28.6 Å². The smallest absolute Gasteiger partial charge is 0.244 e. The predicted molar refractivity (Wildman–Crippen MR) is 165 cm³/mol. The third-order valence-electron chi connectivity index (χ3n) is 8.07. The number of ether oxygens (including phenoxy) is 2. The summed E-state index contributed by atoms with van der Waals surface area (Å²) in [4.78, 5) is 29.8. The molecule has 228 valence electrons. The molecule has 0 spiro atoms. The summed E-state index contributed by atoms with van der Waals surface area (Å²) in [5, 5.41) is 3.19. The van der Waals surface area contributed by atoms with Crippen LogP contribution in [0.5, 0.6) is 11.5 Å². The zero-order valence-electron chi connectivity index (χ0n) is 24.7. The van der Waals surface area contributed by atoms with E-state index in [1.807, 2.05) is 61.5 Å². The highest BCUT2D eigenvalue weighted by atomic mass is 32.2. The maximum absolute atomic E-state index is 14.4. The van der Waals surface area contributed by atoms with Crippen molar-refractivity contribution in [3.05, 3.63) is 89.5 Å². The molecule has 0 unspecified atom stereocenters. The maximum atomic E-state index is 14.4. The van der Waals surface area contributed by atoms with Gasteiger partial charge in [0, 0.05) is 25.1 Å². The lowest BCUT2D eigenvalue weighted by Gasteiger charge is -2.34. The van der Waals surface area contributed by atoms with Crippen LogP contribution >= 0.6 is 0 Å². The molecule has 5 rings (SSSR count). The number of rotatable bonds is 12. The Bertz CT molecular complexity index is 1520. The van der Waals surface area contributed by atoms with Crippen molar-refractivity contribution in [2.75, 3.05) is 23.4 Å². The minimum atomic E-state index is -3.87. The van der Waals surface area contributed by atoms with Gasteiger partial charge in [0.05, 0.1) is 11.4 Å². The lowest BCUT2D eigenvalue weighted by Crippen LogP contribution is -2.54. The predicted octanol–water partition coefficient (Wildman–Crippen LogP) is 4.58. The van der Waals surface area contributed by atoms with E-state index in [1.54, 1.807) is 18.2 Å². The summed E-state index contributed by atoms with van der Waals surface area (Å²) >= 11 is 0. The lowest BCUT2D eigenvalue weighted by atomic mass is 10.0. The van der Waals surface area contributed by atoms with E-state index in [-0.39, 0.29) is 31.0 Å². The minimum absolute atomic E-state index is 0.0415. The first-order chi connectivity index (χ1) is 20.7. The van der Waals surface area contributed by atoms with Gasteiger partial charge in [-0.25, -0.2) is 8.42 Å². The van der Waals surface area contributed by atoms with E-state index in [0.717, 1.165) is 46.7 Å². The number of fused-ring (bicyclic) bond motifs is 1. The number of aryl methyl sites for hydroxylation is 1. The summed E-state index contributed by atoms with van der Waals surface area (Å²) in [6.07, 6.45) is 4.21. The van der Waals surface area contributed by atoms with Crippen LogP contribution in [0.25, 0.3) is 0 Å². The Labute approximate surface area is 253 Å². The standard InChI is InChI=1S/C33H39N3O6S/c1-3-43(39,40)36(28-17-18-30-31(20-28)42-23-41-30)22-32(37)35(21-26-15-13-24(2)14-16-26)29(19-25-9-5-4-6-10-25)33(38)34-27-11-7-8-12-27/h4-6,9-10,13-18,20,27,29H,3,7-8,11-12,19,21-23H2,1-2H3,(H,34,38)/t29-/m0/s1. The maximum Gasteiger partial charge on any atom is 0.244 e. The van der Waals surface area contributed by atoms with Crippen molar-refractivity contribution < 1.29 is 27.5 Å². The molecule has 9 nitrogen and oxygen atoms in total. The van der Waals surface area contributed by atoms with Crippen LogP contribution in [-0.4, -0.2) is 56.3 Å². The second-order valence-electron chi connectivity index (χ2n) is 11.1. The van der Waals surface area contributed by atoms with Gasteiger partial charge in [-0.2, -0.15) is 0 Å². The van der Waals surface area contributed by atoms with Crippen LogP contribution in [-0.2, 0) is 32.6 Å². The molecule has 0 aromatic heterocycles. The molecule has 1 aliphatic carbocycles. The van der Waals surface area contributed by atoms with Gasteiger partial charge in [-0.15, -0.1) is 0 Å². The Hall–Kier alpha value is -4.05. The summed E-state index contributed by atoms with van der Waals surface area (Å²) < 4.78 is 38.8. The number of amides is 2. The number of carbonyl (C=O) groups excluding carboxylic acids is 2. The highest BCUT2D eigenvalue weighted by molar-refractivity contribution is 7.92. The lowest BCUT2D eigenvalue weighted by molar-refractivity contribution is -0.140. The first kappa shape index (κ1) is 30.4. The molecular formula is C33H39N3O6S. The van der Waals surface area contributed by atoms with Crippen LogP contribution in [0.2, 0.25) is 0 Å². The fourth-order valence-electron chi connectivity index (χ4n) is 5.57. The van der Waals surface area contributed by atoms with Gasteiger partial charge in [-0.1, -0.05) is 73.0 Å². The highest BCUT2D eigenvalue weighted by Crippen LogP contribution is 2.36. The molecule has 2 amide bonds. The van der Waals surface area contributed by atoms with E-state index in [1.165, 1.54) is 11.8 Å². The number of sulfonamides is 1. The van der Waals surface area contributed by atoms with Gasteiger partial charge in [0.1, 0.15) is 12.6 Å². The molecule has 1 atom stereocenters. The first-order valence-electron chi connectivity index (χ1n) is 14.8. The van der Waals surface area contributed by atoms with Gasteiger partial charge in [-0.3, -0.25) is 13.9 Å². The fraction of sp³-hybridized carbons (Fsp3) is 0.394. The quantitative estimate of drug-likeness (QED) is 0.324. The van der Waals surface area contributed by atoms with Gasteiger partial charge >= 0.3 is 0 Å². The molecule has 1 aliphatic heterocycles. The number of anilines is 1. The Morgan fingerprint density at radius 1 is 0.930 bits per heavy atom. The molecule has 0 saturated heterocycles. The molecule has 1 N–H and O–H groups in total. The van der Waals surface area contributed by atoms with Crippen molar-refractivity contribution in [2.45, 2.75) is 64.6 Å². The Kier molecular flexibility index (Phi) is 9.55. The van der Waals surface area contributed by atoms with Crippen molar-refractivity contribution >= 4 is 27.5 Å². The zero-order valence-corrected chi connectivity index (χ0v) is 25.5. The van der Waals surface area contributed by atoms with E-state index in [2.05, 4.69) is 5.32 Å². The van der Waals surface area contributed by atoms with Crippen LogP contribution in [0.1, 0.15) is 49.3 Å². The van der Waals surface area contributed by atoms with Crippen LogP contribution in [0.4, 0.5) is 5.69 Å². The number of nitrogens with zero attached hydrogens (tertiary/aromatic N) is 2. The second kappa shape index (κ2) is 13.5. The van der Waals surface area contributed by atoms with Crippen molar-refractivity contribution in [2.24, 2.45) is 0 Å². The van der Waals surface area contributed by atoms with E-state index in [9.17, 15) is 18.0 Å². The van der Waals surface area contributed by atoms with Gasteiger partial charge in [-0.05, 0) is 49.9 Å². The van der Waals surface area contributed by atoms with Crippen molar-refractivity contribution in [3.63, 3.8) is 0 Å². The SMILES string of the molecule is CCS(=O)(=O)N(CC(=O)N(Cc1ccc(C)cc1)[C@@H](Cc1ccccc1)C(=O)NC1CCCC1)c1ccc2c(c1)OCO2. The third kappa shape index (κ3) is 7.48. The Morgan fingerprint density at radius 3 is 2.33 bits per heavy atom. The van der Waals surface area contributed by atoms with Crippen molar-refractivity contribution in [1.29, 1.82) is 0 Å². The van der Waals surface area contributed by atoms with E-state index in [0.29, 0.717) is 23.6 Å². The summed E-state index contributed by atoms with van der Waals surface area (Å²) in [5.41, 5.74) is 3.12. The van der Waals surface area contributed by atoms with Crippen LogP contribution in [0.3, 0.4) is 0 Å². The first-order valence-corrected chi connectivity index (χ1v) is 16.4. The zero-order chi connectivity index (χ0) is 30.4. The number of hydrogen-bond acceptors (Lipinski definition) is 6. The van der Waals surface area contributed by atoms with Crippen molar-refractivity contribution in [1.82, 2.24) is 10.2 Å². The number of hydrogen-bond donors (Lipinski definition) is 1. The number of carbonyl (C=O) groups is 2. The normalized spacial score (nSPS) is 15.2. The average molecular weight is 606 g/mol. The van der Waals surface area contributed by atoms with Crippen LogP contribution in [0.15, 0.2) is 72.8 Å². The Morgan fingerprint density at radius 2 is 1.63 bits per heavy atom.